The van der Waals surface area contributed by atoms with Crippen LogP contribution in [0.5, 0.6) is 0 Å². The van der Waals surface area contributed by atoms with Gasteiger partial charge in [-0.05, 0) is 30.2 Å². The number of rotatable bonds is 3. The Labute approximate surface area is 143 Å². The summed E-state index contributed by atoms with van der Waals surface area (Å²) in [6, 6.07) is 12.1. The van der Waals surface area contributed by atoms with Gasteiger partial charge in [0.15, 0.2) is 0 Å². The summed E-state index contributed by atoms with van der Waals surface area (Å²) >= 11 is 1.46. The fraction of sp³-hybridized carbons (Fsp3) is 0.105. The number of benzene rings is 1. The summed E-state index contributed by atoms with van der Waals surface area (Å²) in [6.45, 7) is 2.56. The van der Waals surface area contributed by atoms with Gasteiger partial charge in [0.2, 0.25) is 0 Å². The van der Waals surface area contributed by atoms with Gasteiger partial charge in [-0.15, -0.1) is 11.3 Å². The van der Waals surface area contributed by atoms with Crippen molar-refractivity contribution in [3.63, 3.8) is 0 Å². The molecule has 4 rings (SSSR count). The van der Waals surface area contributed by atoms with E-state index in [9.17, 15) is 4.79 Å². The third kappa shape index (κ3) is 2.63. The van der Waals surface area contributed by atoms with Crippen molar-refractivity contribution in [1.29, 1.82) is 0 Å². The molecule has 0 saturated heterocycles. The molecule has 0 aliphatic carbocycles. The number of aryl methyl sites for hydroxylation is 1. The topological polar surface area (TPSA) is 47.8 Å². The normalized spacial score (nSPS) is 11.0. The molecule has 0 N–H and O–H groups in total. The molecule has 0 spiro atoms. The predicted octanol–water partition coefficient (Wildman–Crippen LogP) is 3.88. The molecule has 0 atom stereocenters. The molecule has 5 heteroatoms. The summed E-state index contributed by atoms with van der Waals surface area (Å²) in [5.74, 6) is 0. The Balaban J connectivity index is 1.78. The van der Waals surface area contributed by atoms with Crippen LogP contribution in [0.2, 0.25) is 0 Å². The van der Waals surface area contributed by atoms with E-state index in [0.29, 0.717) is 11.2 Å². The standard InChI is InChI=1S/C19H15N3OS/c1-13-2-4-15(5-3-13)16-11-24-18-17(16)21-12-22(19(18)23)10-14-6-8-20-9-7-14/h2-9,11-12H,10H2,1H3. The summed E-state index contributed by atoms with van der Waals surface area (Å²) in [5.41, 5.74) is 5.13. The van der Waals surface area contributed by atoms with Crippen LogP contribution >= 0.6 is 11.3 Å². The first-order chi connectivity index (χ1) is 11.7. The highest BCUT2D eigenvalue weighted by atomic mass is 32.1. The quantitative estimate of drug-likeness (QED) is 0.572. The van der Waals surface area contributed by atoms with Crippen molar-refractivity contribution in [2.45, 2.75) is 13.5 Å². The molecule has 118 valence electrons. The van der Waals surface area contributed by atoms with Crippen LogP contribution in [-0.2, 0) is 6.54 Å². The minimum absolute atomic E-state index is 0.000161. The number of fused-ring (bicyclic) bond motifs is 1. The van der Waals surface area contributed by atoms with Crippen molar-refractivity contribution in [2.75, 3.05) is 0 Å². The molecule has 0 bridgehead atoms. The first kappa shape index (κ1) is 14.8. The third-order valence-corrected chi connectivity index (χ3v) is 4.97. The van der Waals surface area contributed by atoms with E-state index in [-0.39, 0.29) is 5.56 Å². The van der Waals surface area contributed by atoms with E-state index in [2.05, 4.69) is 41.2 Å². The number of pyridine rings is 1. The summed E-state index contributed by atoms with van der Waals surface area (Å²) < 4.78 is 2.34. The number of hydrogen-bond donors (Lipinski definition) is 0. The summed E-state index contributed by atoms with van der Waals surface area (Å²) in [6.07, 6.45) is 5.09. The maximum absolute atomic E-state index is 12.7. The number of thiophene rings is 1. The van der Waals surface area contributed by atoms with Crippen LogP contribution in [0.1, 0.15) is 11.1 Å². The van der Waals surface area contributed by atoms with Crippen molar-refractivity contribution in [3.8, 4) is 11.1 Å². The van der Waals surface area contributed by atoms with Crippen molar-refractivity contribution in [2.24, 2.45) is 0 Å². The van der Waals surface area contributed by atoms with Gasteiger partial charge in [0.25, 0.3) is 5.56 Å². The number of nitrogens with zero attached hydrogens (tertiary/aromatic N) is 3. The molecular formula is C19H15N3OS. The van der Waals surface area contributed by atoms with Crippen LogP contribution in [-0.4, -0.2) is 14.5 Å². The molecule has 0 aliphatic heterocycles. The average Bonchev–Trinajstić information content (AvgIpc) is 3.04. The maximum Gasteiger partial charge on any atom is 0.271 e. The van der Waals surface area contributed by atoms with E-state index in [1.807, 2.05) is 17.5 Å². The first-order valence-corrected chi connectivity index (χ1v) is 8.53. The van der Waals surface area contributed by atoms with Crippen LogP contribution in [0.25, 0.3) is 21.3 Å². The highest BCUT2D eigenvalue weighted by Gasteiger charge is 2.12. The SMILES string of the molecule is Cc1ccc(-c2csc3c(=O)n(Cc4ccncc4)cnc23)cc1. The van der Waals surface area contributed by atoms with Gasteiger partial charge in [-0.2, -0.15) is 0 Å². The molecule has 0 amide bonds. The lowest BCUT2D eigenvalue weighted by Gasteiger charge is -2.05. The van der Waals surface area contributed by atoms with E-state index in [1.165, 1.54) is 16.9 Å². The zero-order valence-corrected chi connectivity index (χ0v) is 14.0. The van der Waals surface area contributed by atoms with Gasteiger partial charge in [-0.25, -0.2) is 4.98 Å². The molecule has 0 radical (unpaired) electrons. The Bertz CT molecular complexity index is 1050. The van der Waals surface area contributed by atoms with E-state index in [0.717, 1.165) is 22.2 Å². The Kier molecular flexibility index (Phi) is 3.70. The highest BCUT2D eigenvalue weighted by molar-refractivity contribution is 7.17. The average molecular weight is 333 g/mol. The van der Waals surface area contributed by atoms with Gasteiger partial charge >= 0.3 is 0 Å². The van der Waals surface area contributed by atoms with Gasteiger partial charge < -0.3 is 0 Å². The lowest BCUT2D eigenvalue weighted by molar-refractivity contribution is 0.749. The minimum atomic E-state index is 0.000161. The first-order valence-electron chi connectivity index (χ1n) is 7.65. The van der Waals surface area contributed by atoms with Crippen molar-refractivity contribution in [1.82, 2.24) is 14.5 Å². The Morgan fingerprint density at radius 3 is 2.58 bits per heavy atom. The van der Waals surface area contributed by atoms with Gasteiger partial charge in [0.1, 0.15) is 4.70 Å². The van der Waals surface area contributed by atoms with Crippen molar-refractivity contribution in [3.05, 3.63) is 82.0 Å². The summed E-state index contributed by atoms with van der Waals surface area (Å²) in [5, 5.41) is 2.01. The van der Waals surface area contributed by atoms with E-state index in [1.54, 1.807) is 23.3 Å². The largest absolute Gasteiger partial charge is 0.294 e. The van der Waals surface area contributed by atoms with Crippen LogP contribution in [0.3, 0.4) is 0 Å². The summed E-state index contributed by atoms with van der Waals surface area (Å²) in [7, 11) is 0. The van der Waals surface area contributed by atoms with E-state index in [4.69, 9.17) is 0 Å². The molecule has 4 nitrogen and oxygen atoms in total. The second kappa shape index (κ2) is 6.02. The van der Waals surface area contributed by atoms with Crippen LogP contribution in [0, 0.1) is 6.92 Å². The molecule has 0 aliphatic rings. The number of hydrogen-bond acceptors (Lipinski definition) is 4. The van der Waals surface area contributed by atoms with E-state index < -0.39 is 0 Å². The smallest absolute Gasteiger partial charge is 0.271 e. The fourth-order valence-electron chi connectivity index (χ4n) is 2.68. The molecule has 0 saturated carbocycles. The molecule has 3 aromatic heterocycles. The zero-order valence-electron chi connectivity index (χ0n) is 13.1. The van der Waals surface area contributed by atoms with Crippen molar-refractivity contribution >= 4 is 21.6 Å². The lowest BCUT2D eigenvalue weighted by atomic mass is 10.1. The van der Waals surface area contributed by atoms with Crippen LogP contribution in [0.15, 0.2) is 65.3 Å². The Morgan fingerprint density at radius 2 is 1.83 bits per heavy atom. The second-order valence-electron chi connectivity index (χ2n) is 5.73. The molecule has 24 heavy (non-hydrogen) atoms. The van der Waals surface area contributed by atoms with Gasteiger partial charge in [-0.1, -0.05) is 29.8 Å². The summed E-state index contributed by atoms with van der Waals surface area (Å²) in [4.78, 5) is 21.3. The monoisotopic (exact) mass is 333 g/mol. The molecular weight excluding hydrogens is 318 g/mol. The highest BCUT2D eigenvalue weighted by Crippen LogP contribution is 2.30. The maximum atomic E-state index is 12.7. The second-order valence-corrected chi connectivity index (χ2v) is 6.61. The van der Waals surface area contributed by atoms with Crippen LogP contribution in [0.4, 0.5) is 0 Å². The molecule has 0 unspecified atom stereocenters. The zero-order chi connectivity index (χ0) is 16.5. The van der Waals surface area contributed by atoms with Gasteiger partial charge in [0, 0.05) is 23.3 Å². The Morgan fingerprint density at radius 1 is 1.08 bits per heavy atom. The van der Waals surface area contributed by atoms with Gasteiger partial charge in [0.05, 0.1) is 18.4 Å². The van der Waals surface area contributed by atoms with Gasteiger partial charge in [-0.3, -0.25) is 14.3 Å². The van der Waals surface area contributed by atoms with E-state index >= 15 is 0 Å². The third-order valence-electron chi connectivity index (χ3n) is 4.01. The minimum Gasteiger partial charge on any atom is -0.294 e. The predicted molar refractivity (Wildman–Crippen MR) is 97.4 cm³/mol. The fourth-order valence-corrected chi connectivity index (χ4v) is 3.65. The van der Waals surface area contributed by atoms with Crippen LogP contribution < -0.4 is 5.56 Å². The van der Waals surface area contributed by atoms with Crippen molar-refractivity contribution < 1.29 is 0 Å². The molecule has 4 aromatic rings. The Hall–Kier alpha value is -2.79. The lowest BCUT2D eigenvalue weighted by Crippen LogP contribution is -2.20. The molecule has 3 heterocycles. The molecule has 0 fully saturated rings. The molecule has 1 aromatic carbocycles. The number of aromatic nitrogens is 3.